The Balaban J connectivity index is 2.13. The number of hydrogen-bond donors (Lipinski definition) is 3. The van der Waals surface area contributed by atoms with E-state index in [0.29, 0.717) is 10.2 Å². The number of carbonyl (C=O) groups is 3. The molecule has 0 saturated carbocycles. The Labute approximate surface area is 165 Å². The van der Waals surface area contributed by atoms with E-state index in [0.717, 1.165) is 5.56 Å². The zero-order valence-corrected chi connectivity index (χ0v) is 16.3. The number of carbonyl (C=O) groups excluding carboxylic acids is 2. The molecule has 0 bridgehead atoms. The maximum absolute atomic E-state index is 12.7. The maximum Gasteiger partial charge on any atom is 0.326 e. The third-order valence-corrected chi connectivity index (χ3v) is 4.57. The Morgan fingerprint density at radius 1 is 1.04 bits per heavy atom. The summed E-state index contributed by atoms with van der Waals surface area (Å²) in [5.74, 6) is -2.09. The fraction of sp³-hybridized carbons (Fsp3) is 0.263. The van der Waals surface area contributed by atoms with Crippen molar-refractivity contribution in [3.63, 3.8) is 0 Å². The van der Waals surface area contributed by atoms with Gasteiger partial charge in [0.25, 0.3) is 0 Å². The van der Waals surface area contributed by atoms with Crippen LogP contribution in [0.25, 0.3) is 0 Å². The first kappa shape index (κ1) is 20.6. The minimum absolute atomic E-state index is 0.0631. The number of aromatic nitrogens is 1. The van der Waals surface area contributed by atoms with Crippen LogP contribution in [0.2, 0.25) is 0 Å². The first-order valence-electron chi connectivity index (χ1n) is 8.30. The van der Waals surface area contributed by atoms with Crippen molar-refractivity contribution in [1.82, 2.24) is 15.6 Å². The molecule has 1 aromatic heterocycles. The van der Waals surface area contributed by atoms with Gasteiger partial charge in [-0.1, -0.05) is 36.4 Å². The van der Waals surface area contributed by atoms with Crippen molar-refractivity contribution >= 4 is 33.7 Å². The molecule has 2 aromatic rings. The molecular weight excluding hydrogens is 414 g/mol. The van der Waals surface area contributed by atoms with Crippen molar-refractivity contribution in [2.24, 2.45) is 0 Å². The molecule has 27 heavy (non-hydrogen) atoms. The molecule has 8 heteroatoms. The van der Waals surface area contributed by atoms with Crippen LogP contribution in [0.4, 0.5) is 0 Å². The van der Waals surface area contributed by atoms with Crippen molar-refractivity contribution in [1.29, 1.82) is 0 Å². The molecule has 2 rings (SSSR count). The molecule has 3 N–H and O–H groups in total. The van der Waals surface area contributed by atoms with E-state index in [4.69, 9.17) is 0 Å². The van der Waals surface area contributed by atoms with Gasteiger partial charge in [0, 0.05) is 26.0 Å². The van der Waals surface area contributed by atoms with Crippen LogP contribution < -0.4 is 10.6 Å². The van der Waals surface area contributed by atoms with Gasteiger partial charge < -0.3 is 15.7 Å². The number of amides is 2. The number of hydrogen-bond acceptors (Lipinski definition) is 4. The lowest BCUT2D eigenvalue weighted by Crippen LogP contribution is -2.52. The number of carboxylic acid groups (broad SMARTS) is 1. The number of aliphatic carboxylic acids is 1. The molecule has 142 valence electrons. The van der Waals surface area contributed by atoms with Gasteiger partial charge in [-0.2, -0.15) is 0 Å². The summed E-state index contributed by atoms with van der Waals surface area (Å²) in [6.45, 7) is 1.31. The lowest BCUT2D eigenvalue weighted by molar-refractivity contribution is -0.142. The second-order valence-electron chi connectivity index (χ2n) is 6.00. The van der Waals surface area contributed by atoms with Gasteiger partial charge in [-0.3, -0.25) is 9.59 Å². The van der Waals surface area contributed by atoms with Crippen LogP contribution in [-0.2, 0) is 27.2 Å². The van der Waals surface area contributed by atoms with Crippen molar-refractivity contribution < 1.29 is 19.5 Å². The van der Waals surface area contributed by atoms with E-state index in [1.54, 1.807) is 18.3 Å². The Hall–Kier alpha value is -2.74. The van der Waals surface area contributed by atoms with Gasteiger partial charge in [0.1, 0.15) is 16.7 Å². The summed E-state index contributed by atoms with van der Waals surface area (Å²) < 4.78 is 0.521. The van der Waals surface area contributed by atoms with E-state index < -0.39 is 24.0 Å². The monoisotopic (exact) mass is 433 g/mol. The zero-order valence-electron chi connectivity index (χ0n) is 14.7. The minimum Gasteiger partial charge on any atom is -0.480 e. The standard InChI is InChI=1S/C19H20BrN3O4/c1-12(24)22-15(10-13-6-3-2-4-7-13)18(25)23-16(19(26)27)11-14-8-5-9-21-17(14)20/h2-9,15-16H,10-11H2,1H3,(H,22,24)(H,23,25)(H,26,27)/t15-,16-/m0/s1. The van der Waals surface area contributed by atoms with Crippen molar-refractivity contribution in [2.45, 2.75) is 31.8 Å². The molecule has 0 aliphatic carbocycles. The van der Waals surface area contributed by atoms with Crippen molar-refractivity contribution in [3.05, 3.63) is 64.4 Å². The zero-order chi connectivity index (χ0) is 19.8. The van der Waals surface area contributed by atoms with E-state index in [9.17, 15) is 19.5 Å². The molecular formula is C19H20BrN3O4. The van der Waals surface area contributed by atoms with E-state index >= 15 is 0 Å². The highest BCUT2D eigenvalue weighted by atomic mass is 79.9. The summed E-state index contributed by atoms with van der Waals surface area (Å²) in [6, 6.07) is 10.6. The lowest BCUT2D eigenvalue weighted by Gasteiger charge is -2.21. The van der Waals surface area contributed by atoms with Crippen molar-refractivity contribution in [3.8, 4) is 0 Å². The van der Waals surface area contributed by atoms with Crippen LogP contribution in [-0.4, -0.2) is 40.0 Å². The third kappa shape index (κ3) is 6.49. The Morgan fingerprint density at radius 2 is 1.74 bits per heavy atom. The van der Waals surface area contributed by atoms with E-state index in [2.05, 4.69) is 31.5 Å². The molecule has 0 saturated heterocycles. The number of pyridine rings is 1. The van der Waals surface area contributed by atoms with Crippen LogP contribution in [0.3, 0.4) is 0 Å². The summed E-state index contributed by atoms with van der Waals surface area (Å²) in [5, 5.41) is 14.6. The molecule has 0 radical (unpaired) electrons. The van der Waals surface area contributed by atoms with E-state index in [-0.39, 0.29) is 18.7 Å². The fourth-order valence-electron chi connectivity index (χ4n) is 2.57. The summed E-state index contributed by atoms with van der Waals surface area (Å²) in [7, 11) is 0. The van der Waals surface area contributed by atoms with Crippen LogP contribution in [0, 0.1) is 0 Å². The summed E-state index contributed by atoms with van der Waals surface area (Å²) in [4.78, 5) is 39.8. The molecule has 7 nitrogen and oxygen atoms in total. The van der Waals surface area contributed by atoms with Gasteiger partial charge in [-0.15, -0.1) is 0 Å². The third-order valence-electron chi connectivity index (χ3n) is 3.85. The highest BCUT2D eigenvalue weighted by Gasteiger charge is 2.27. The number of nitrogens with zero attached hydrogens (tertiary/aromatic N) is 1. The van der Waals surface area contributed by atoms with Crippen molar-refractivity contribution in [2.75, 3.05) is 0 Å². The predicted octanol–water partition coefficient (Wildman–Crippen LogP) is 1.70. The molecule has 2 atom stereocenters. The summed E-state index contributed by atoms with van der Waals surface area (Å²) in [5.41, 5.74) is 1.51. The molecule has 1 heterocycles. The second-order valence-corrected chi connectivity index (χ2v) is 6.75. The van der Waals surface area contributed by atoms with E-state index in [1.165, 1.54) is 6.92 Å². The van der Waals surface area contributed by atoms with Crippen LogP contribution in [0.15, 0.2) is 53.3 Å². The smallest absolute Gasteiger partial charge is 0.326 e. The molecule has 1 aromatic carbocycles. The molecule has 0 fully saturated rings. The maximum atomic E-state index is 12.7. The first-order chi connectivity index (χ1) is 12.9. The largest absolute Gasteiger partial charge is 0.480 e. The first-order valence-corrected chi connectivity index (χ1v) is 9.09. The van der Waals surface area contributed by atoms with Gasteiger partial charge in [0.05, 0.1) is 0 Å². The lowest BCUT2D eigenvalue weighted by atomic mass is 10.0. The van der Waals surface area contributed by atoms with Crippen LogP contribution >= 0.6 is 15.9 Å². The highest BCUT2D eigenvalue weighted by molar-refractivity contribution is 9.10. The number of halogens is 1. The number of rotatable bonds is 8. The number of benzene rings is 1. The average molecular weight is 434 g/mol. The van der Waals surface area contributed by atoms with E-state index in [1.807, 2.05) is 30.3 Å². The Kier molecular flexibility index (Phi) is 7.48. The van der Waals surface area contributed by atoms with Gasteiger partial charge in [0.15, 0.2) is 0 Å². The topological polar surface area (TPSA) is 108 Å². The SMILES string of the molecule is CC(=O)N[C@@H](Cc1ccccc1)C(=O)N[C@@H](Cc1cccnc1Br)C(=O)O. The second kappa shape index (κ2) is 9.82. The number of nitrogens with one attached hydrogen (secondary N) is 2. The highest BCUT2D eigenvalue weighted by Crippen LogP contribution is 2.15. The predicted molar refractivity (Wildman–Crippen MR) is 103 cm³/mol. The molecule has 0 spiro atoms. The van der Waals surface area contributed by atoms with Gasteiger partial charge >= 0.3 is 5.97 Å². The Morgan fingerprint density at radius 3 is 2.33 bits per heavy atom. The average Bonchev–Trinajstić information content (AvgIpc) is 2.62. The molecule has 0 unspecified atom stereocenters. The van der Waals surface area contributed by atoms with Gasteiger partial charge in [-0.25, -0.2) is 9.78 Å². The molecule has 0 aliphatic heterocycles. The summed E-state index contributed by atoms with van der Waals surface area (Å²) >= 11 is 3.27. The fourth-order valence-corrected chi connectivity index (χ4v) is 2.98. The van der Waals surface area contributed by atoms with Crippen LogP contribution in [0.1, 0.15) is 18.1 Å². The normalized spacial score (nSPS) is 12.7. The molecule has 2 amide bonds. The number of carboxylic acids is 1. The molecule has 0 aliphatic rings. The summed E-state index contributed by atoms with van der Waals surface area (Å²) in [6.07, 6.45) is 1.90. The minimum atomic E-state index is -1.17. The van der Waals surface area contributed by atoms with Crippen LogP contribution in [0.5, 0.6) is 0 Å². The quantitative estimate of drug-likeness (QED) is 0.549. The van der Waals surface area contributed by atoms with Gasteiger partial charge in [-0.05, 0) is 33.1 Å². The van der Waals surface area contributed by atoms with Gasteiger partial charge in [0.2, 0.25) is 11.8 Å². The Bertz CT molecular complexity index is 814.